The van der Waals surface area contributed by atoms with Crippen LogP contribution in [0.5, 0.6) is 0 Å². The summed E-state index contributed by atoms with van der Waals surface area (Å²) in [7, 11) is 0. The molecule has 1 heterocycles. The van der Waals surface area contributed by atoms with E-state index in [1.54, 1.807) is 23.1 Å². The van der Waals surface area contributed by atoms with Crippen LogP contribution in [-0.2, 0) is 11.2 Å². The first-order valence-corrected chi connectivity index (χ1v) is 10.3. The van der Waals surface area contributed by atoms with Crippen LogP contribution in [0.4, 0.5) is 0 Å². The third kappa shape index (κ3) is 5.40. The lowest BCUT2D eigenvalue weighted by Crippen LogP contribution is -2.37. The standard InChI is InChI=1S/C21H21Cl3N2O2/c22-16-5-2-15(3-6-16)4-9-20(27)25-10-1-11-26(13-12-25)21(28)18-14-17(23)7-8-19(18)24/h2-3,5-8,14H,1,4,9-13H2. The molecule has 2 amide bonds. The Kier molecular flexibility index (Phi) is 7.22. The lowest BCUT2D eigenvalue weighted by Gasteiger charge is -2.22. The number of aryl methyl sites for hydroxylation is 1. The molecule has 0 aliphatic carbocycles. The summed E-state index contributed by atoms with van der Waals surface area (Å²) in [6.07, 6.45) is 1.85. The third-order valence-electron chi connectivity index (χ3n) is 4.84. The second-order valence-corrected chi connectivity index (χ2v) is 8.06. The van der Waals surface area contributed by atoms with Gasteiger partial charge >= 0.3 is 0 Å². The van der Waals surface area contributed by atoms with E-state index >= 15 is 0 Å². The fraction of sp³-hybridized carbons (Fsp3) is 0.333. The summed E-state index contributed by atoms with van der Waals surface area (Å²) < 4.78 is 0. The lowest BCUT2D eigenvalue weighted by molar-refractivity contribution is -0.131. The number of carbonyl (C=O) groups is 2. The summed E-state index contributed by atoms with van der Waals surface area (Å²) in [4.78, 5) is 29.0. The third-order valence-corrected chi connectivity index (χ3v) is 5.65. The molecule has 0 bridgehead atoms. The number of carbonyl (C=O) groups excluding carboxylic acids is 2. The molecule has 0 N–H and O–H groups in total. The molecule has 1 aliphatic heterocycles. The maximum absolute atomic E-state index is 12.8. The number of rotatable bonds is 4. The van der Waals surface area contributed by atoms with E-state index in [-0.39, 0.29) is 11.8 Å². The zero-order valence-electron chi connectivity index (χ0n) is 15.3. The van der Waals surface area contributed by atoms with Crippen molar-refractivity contribution in [2.24, 2.45) is 0 Å². The second-order valence-electron chi connectivity index (χ2n) is 6.78. The van der Waals surface area contributed by atoms with Gasteiger partial charge in [-0.1, -0.05) is 46.9 Å². The Morgan fingerprint density at radius 2 is 1.46 bits per heavy atom. The van der Waals surface area contributed by atoms with E-state index in [4.69, 9.17) is 34.8 Å². The monoisotopic (exact) mass is 438 g/mol. The Morgan fingerprint density at radius 1 is 0.821 bits per heavy atom. The molecule has 1 saturated heterocycles. The van der Waals surface area contributed by atoms with Crippen molar-refractivity contribution >= 4 is 46.6 Å². The van der Waals surface area contributed by atoms with E-state index in [9.17, 15) is 9.59 Å². The van der Waals surface area contributed by atoms with Crippen molar-refractivity contribution in [3.63, 3.8) is 0 Å². The average Bonchev–Trinajstić information content (AvgIpc) is 2.95. The predicted octanol–water partition coefficient (Wildman–Crippen LogP) is 4.95. The molecule has 0 radical (unpaired) electrons. The van der Waals surface area contributed by atoms with Gasteiger partial charge in [0.1, 0.15) is 0 Å². The number of halogens is 3. The van der Waals surface area contributed by atoms with Crippen LogP contribution >= 0.6 is 34.8 Å². The highest BCUT2D eigenvalue weighted by atomic mass is 35.5. The van der Waals surface area contributed by atoms with Crippen LogP contribution in [0.2, 0.25) is 15.1 Å². The maximum atomic E-state index is 12.8. The first-order valence-electron chi connectivity index (χ1n) is 9.20. The van der Waals surface area contributed by atoms with E-state index in [1.165, 1.54) is 0 Å². The molecule has 148 valence electrons. The van der Waals surface area contributed by atoms with Crippen LogP contribution in [-0.4, -0.2) is 47.8 Å². The van der Waals surface area contributed by atoms with Crippen LogP contribution in [0.3, 0.4) is 0 Å². The Labute approximate surface area is 180 Å². The van der Waals surface area contributed by atoms with E-state index in [0.29, 0.717) is 59.7 Å². The molecule has 7 heteroatoms. The molecule has 0 aromatic heterocycles. The molecule has 3 rings (SSSR count). The SMILES string of the molecule is O=C(CCc1ccc(Cl)cc1)N1CCCN(C(=O)c2cc(Cl)ccc2Cl)CC1. The molecule has 0 atom stereocenters. The predicted molar refractivity (Wildman–Crippen MR) is 113 cm³/mol. The van der Waals surface area contributed by atoms with Gasteiger partial charge < -0.3 is 9.80 Å². The zero-order valence-corrected chi connectivity index (χ0v) is 17.6. The second kappa shape index (κ2) is 9.64. The molecule has 28 heavy (non-hydrogen) atoms. The topological polar surface area (TPSA) is 40.6 Å². The van der Waals surface area contributed by atoms with Gasteiger partial charge in [0, 0.05) is 42.6 Å². The van der Waals surface area contributed by atoms with Crippen molar-refractivity contribution in [3.05, 3.63) is 68.7 Å². The summed E-state index contributed by atoms with van der Waals surface area (Å²) in [5, 5.41) is 1.54. The first-order chi connectivity index (χ1) is 13.4. The average molecular weight is 440 g/mol. The van der Waals surface area contributed by atoms with Crippen LogP contribution in [0.15, 0.2) is 42.5 Å². The van der Waals surface area contributed by atoms with Crippen LogP contribution in [0.25, 0.3) is 0 Å². The Balaban J connectivity index is 1.56. The van der Waals surface area contributed by atoms with Crippen LogP contribution in [0.1, 0.15) is 28.8 Å². The van der Waals surface area contributed by atoms with Crippen molar-refractivity contribution < 1.29 is 9.59 Å². The van der Waals surface area contributed by atoms with Crippen molar-refractivity contribution in [1.29, 1.82) is 0 Å². The quantitative estimate of drug-likeness (QED) is 0.676. The maximum Gasteiger partial charge on any atom is 0.255 e. The highest BCUT2D eigenvalue weighted by Crippen LogP contribution is 2.23. The molecule has 0 spiro atoms. The lowest BCUT2D eigenvalue weighted by atomic mass is 10.1. The molecule has 0 unspecified atom stereocenters. The summed E-state index contributed by atoms with van der Waals surface area (Å²) >= 11 is 18.1. The van der Waals surface area contributed by atoms with E-state index < -0.39 is 0 Å². The molecule has 1 aliphatic rings. The number of hydrogen-bond donors (Lipinski definition) is 0. The van der Waals surface area contributed by atoms with E-state index in [0.717, 1.165) is 12.0 Å². The summed E-state index contributed by atoms with van der Waals surface area (Å²) in [5.74, 6) is -0.0481. The first kappa shape index (κ1) is 21.0. The van der Waals surface area contributed by atoms with E-state index in [1.807, 2.05) is 29.2 Å². The zero-order chi connectivity index (χ0) is 20.1. The van der Waals surface area contributed by atoms with Crippen molar-refractivity contribution in [3.8, 4) is 0 Å². The van der Waals surface area contributed by atoms with Gasteiger partial charge in [0.15, 0.2) is 0 Å². The normalized spacial score (nSPS) is 14.7. The molecular formula is C21H21Cl3N2O2. The van der Waals surface area contributed by atoms with Crippen LogP contribution in [0, 0.1) is 0 Å². The largest absolute Gasteiger partial charge is 0.341 e. The molecule has 0 saturated carbocycles. The van der Waals surface area contributed by atoms with Gasteiger partial charge in [-0.05, 0) is 48.7 Å². The van der Waals surface area contributed by atoms with Gasteiger partial charge in [-0.2, -0.15) is 0 Å². The molecule has 1 fully saturated rings. The number of hydrogen-bond acceptors (Lipinski definition) is 2. The highest BCUT2D eigenvalue weighted by molar-refractivity contribution is 6.35. The fourth-order valence-electron chi connectivity index (χ4n) is 3.26. The number of amides is 2. The molecule has 2 aromatic rings. The summed E-state index contributed by atoms with van der Waals surface area (Å²) in [6.45, 7) is 2.23. The van der Waals surface area contributed by atoms with Gasteiger partial charge in [-0.3, -0.25) is 9.59 Å². The molecular weight excluding hydrogens is 419 g/mol. The van der Waals surface area contributed by atoms with Crippen LogP contribution < -0.4 is 0 Å². The Morgan fingerprint density at radius 3 is 2.21 bits per heavy atom. The van der Waals surface area contributed by atoms with Gasteiger partial charge in [0.2, 0.25) is 5.91 Å². The highest BCUT2D eigenvalue weighted by Gasteiger charge is 2.24. The molecule has 4 nitrogen and oxygen atoms in total. The van der Waals surface area contributed by atoms with Gasteiger partial charge in [0.05, 0.1) is 10.6 Å². The van der Waals surface area contributed by atoms with Gasteiger partial charge in [-0.25, -0.2) is 0 Å². The number of nitrogens with zero attached hydrogens (tertiary/aromatic N) is 2. The fourth-order valence-corrected chi connectivity index (χ4v) is 3.76. The van der Waals surface area contributed by atoms with Gasteiger partial charge in [0.25, 0.3) is 5.91 Å². The summed E-state index contributed by atoms with van der Waals surface area (Å²) in [6, 6.07) is 12.4. The van der Waals surface area contributed by atoms with E-state index in [2.05, 4.69) is 0 Å². The smallest absolute Gasteiger partial charge is 0.255 e. The van der Waals surface area contributed by atoms with Crippen molar-refractivity contribution in [2.45, 2.75) is 19.3 Å². The summed E-state index contributed by atoms with van der Waals surface area (Å²) in [5.41, 5.74) is 1.48. The Bertz CT molecular complexity index is 855. The minimum absolute atomic E-state index is 0.102. The number of benzene rings is 2. The Hall–Kier alpha value is -1.75. The van der Waals surface area contributed by atoms with Crippen molar-refractivity contribution in [2.75, 3.05) is 26.2 Å². The van der Waals surface area contributed by atoms with Gasteiger partial charge in [-0.15, -0.1) is 0 Å². The molecule has 2 aromatic carbocycles. The minimum Gasteiger partial charge on any atom is -0.341 e. The van der Waals surface area contributed by atoms with Crippen molar-refractivity contribution in [1.82, 2.24) is 9.80 Å². The minimum atomic E-state index is -0.150.